The maximum absolute atomic E-state index is 13.0. The van der Waals surface area contributed by atoms with E-state index in [1.54, 1.807) is 45.0 Å². The molecule has 0 amide bonds. The van der Waals surface area contributed by atoms with Crippen molar-refractivity contribution in [2.45, 2.75) is 52.4 Å². The van der Waals surface area contributed by atoms with Crippen molar-refractivity contribution in [1.29, 1.82) is 0 Å². The van der Waals surface area contributed by atoms with E-state index >= 15 is 0 Å². The van der Waals surface area contributed by atoms with E-state index in [9.17, 15) is 18.3 Å². The van der Waals surface area contributed by atoms with E-state index in [0.717, 1.165) is 6.07 Å². The van der Waals surface area contributed by atoms with Gasteiger partial charge in [-0.25, -0.2) is 9.98 Å². The van der Waals surface area contributed by atoms with Crippen LogP contribution in [0.15, 0.2) is 59.0 Å². The van der Waals surface area contributed by atoms with Gasteiger partial charge in [0.2, 0.25) is 5.96 Å². The Labute approximate surface area is 186 Å². The van der Waals surface area contributed by atoms with Crippen LogP contribution in [-0.2, 0) is 11.8 Å². The van der Waals surface area contributed by atoms with Crippen LogP contribution in [0.1, 0.15) is 51.6 Å². The molecule has 0 unspecified atom stereocenters. The number of hydrogen-bond acceptors (Lipinski definition) is 3. The molecule has 1 heterocycles. The zero-order valence-corrected chi connectivity index (χ0v) is 18.7. The largest absolute Gasteiger partial charge is 0.433 e. The Balaban J connectivity index is 2.37. The number of nitrogens with one attached hydrogen (secondary N) is 2. The van der Waals surface area contributed by atoms with Crippen molar-refractivity contribution in [2.75, 3.05) is 5.32 Å². The summed E-state index contributed by atoms with van der Waals surface area (Å²) >= 11 is 0. The Morgan fingerprint density at radius 1 is 1.12 bits per heavy atom. The number of benzene rings is 1. The normalized spacial score (nSPS) is 13.3. The van der Waals surface area contributed by atoms with Gasteiger partial charge in [0.1, 0.15) is 11.5 Å². The zero-order valence-electron chi connectivity index (χ0n) is 18.7. The van der Waals surface area contributed by atoms with Gasteiger partial charge in [-0.3, -0.25) is 4.99 Å². The van der Waals surface area contributed by atoms with E-state index in [2.05, 4.69) is 32.2 Å². The van der Waals surface area contributed by atoms with E-state index in [4.69, 9.17) is 0 Å². The molecule has 0 saturated heterocycles. The van der Waals surface area contributed by atoms with Crippen LogP contribution in [0.4, 0.5) is 18.9 Å². The van der Waals surface area contributed by atoms with Gasteiger partial charge >= 0.3 is 6.18 Å². The number of pyridine rings is 1. The van der Waals surface area contributed by atoms with Crippen molar-refractivity contribution >= 4 is 23.2 Å². The van der Waals surface area contributed by atoms with Crippen LogP contribution in [0.3, 0.4) is 0 Å². The Hall–Kier alpha value is -3.20. The molecule has 0 spiro atoms. The molecule has 3 N–H and O–H groups in total. The summed E-state index contributed by atoms with van der Waals surface area (Å²) in [6.45, 7) is 12.7. The minimum absolute atomic E-state index is 0.00634. The highest BCUT2D eigenvalue weighted by Gasteiger charge is 2.32. The number of aliphatic hydroxyl groups is 1. The summed E-state index contributed by atoms with van der Waals surface area (Å²) in [6.07, 6.45) is -4.57. The Morgan fingerprint density at radius 2 is 1.78 bits per heavy atom. The number of rotatable bonds is 5. The molecule has 2 rings (SSSR count). The first-order chi connectivity index (χ1) is 14.8. The quantitative estimate of drug-likeness (QED) is 0.436. The first-order valence-electron chi connectivity index (χ1n) is 9.99. The molecule has 0 radical (unpaired) electrons. The highest BCUT2D eigenvalue weighted by Crippen LogP contribution is 2.28. The van der Waals surface area contributed by atoms with Crippen LogP contribution >= 0.6 is 0 Å². The van der Waals surface area contributed by atoms with Gasteiger partial charge < -0.3 is 15.7 Å². The van der Waals surface area contributed by atoms with Crippen molar-refractivity contribution in [3.8, 4) is 0 Å². The number of nitrogens with zero attached hydrogens (tertiary/aromatic N) is 3. The minimum Gasteiger partial charge on any atom is -0.386 e. The molecule has 0 fully saturated rings. The molecular weight excluding hydrogens is 419 g/mol. The number of alkyl halides is 3. The van der Waals surface area contributed by atoms with Crippen LogP contribution in [0.25, 0.3) is 5.70 Å². The summed E-state index contributed by atoms with van der Waals surface area (Å²) in [5.41, 5.74) is -0.634. The lowest BCUT2D eigenvalue weighted by molar-refractivity contribution is -0.141. The van der Waals surface area contributed by atoms with Crippen LogP contribution in [0.5, 0.6) is 0 Å². The maximum Gasteiger partial charge on any atom is 0.433 e. The van der Waals surface area contributed by atoms with E-state index in [0.29, 0.717) is 17.1 Å². The molecule has 0 saturated carbocycles. The summed E-state index contributed by atoms with van der Waals surface area (Å²) < 4.78 is 39.1. The van der Waals surface area contributed by atoms with Crippen LogP contribution in [-0.4, -0.2) is 27.9 Å². The van der Waals surface area contributed by atoms with Crippen molar-refractivity contribution in [2.24, 2.45) is 9.98 Å². The number of aromatic nitrogens is 1. The third-order valence-electron chi connectivity index (χ3n) is 4.17. The summed E-state index contributed by atoms with van der Waals surface area (Å²) in [7, 11) is 0. The topological polar surface area (TPSA) is 81.9 Å². The van der Waals surface area contributed by atoms with E-state index in [1.807, 2.05) is 13.8 Å². The SMILES string of the molecule is C=C(NC(=NC(C)=NC(C)C)Nc1cccc(C(C)(C)O)c1)c1cccc(C(F)(F)F)n1. The smallest absolute Gasteiger partial charge is 0.386 e. The third-order valence-corrected chi connectivity index (χ3v) is 4.17. The zero-order chi connectivity index (χ0) is 24.1. The molecular formula is C23H28F3N5O. The first-order valence-corrected chi connectivity index (χ1v) is 9.99. The maximum atomic E-state index is 13.0. The van der Waals surface area contributed by atoms with Crippen LogP contribution in [0, 0.1) is 0 Å². The van der Waals surface area contributed by atoms with Gasteiger partial charge in [0.25, 0.3) is 0 Å². The van der Waals surface area contributed by atoms with E-state index < -0.39 is 17.5 Å². The van der Waals surface area contributed by atoms with Crippen LogP contribution in [0.2, 0.25) is 0 Å². The first kappa shape index (κ1) is 25.1. The van der Waals surface area contributed by atoms with Crippen LogP contribution < -0.4 is 10.6 Å². The molecule has 172 valence electrons. The number of halogens is 3. The standard InChI is InChI=1S/C23H28F3N5O/c1-14(2)27-16(4)29-21(30-18-10-7-9-17(13-18)22(5,6)32)28-15(3)19-11-8-12-20(31-19)23(24,25)26/h7-14,32H,3H2,1-2,4-6H3,(H2,27,28,29,30). The molecule has 0 bridgehead atoms. The number of anilines is 1. The fourth-order valence-electron chi connectivity index (χ4n) is 2.73. The van der Waals surface area contributed by atoms with Crippen molar-refractivity contribution in [1.82, 2.24) is 10.3 Å². The minimum atomic E-state index is -4.57. The number of aliphatic imine (C=N–C) groups is 2. The molecule has 1 aromatic carbocycles. The molecule has 1 aromatic heterocycles. The second-order valence-corrected chi connectivity index (χ2v) is 8.00. The lowest BCUT2D eigenvalue weighted by atomic mass is 9.98. The second-order valence-electron chi connectivity index (χ2n) is 8.00. The molecule has 0 aliphatic rings. The lowest BCUT2D eigenvalue weighted by Gasteiger charge is -2.20. The second kappa shape index (κ2) is 9.95. The number of guanidine groups is 1. The predicted molar refractivity (Wildman–Crippen MR) is 122 cm³/mol. The van der Waals surface area contributed by atoms with Gasteiger partial charge in [-0.15, -0.1) is 0 Å². The van der Waals surface area contributed by atoms with Gasteiger partial charge in [0.15, 0.2) is 0 Å². The van der Waals surface area contributed by atoms with E-state index in [1.165, 1.54) is 12.1 Å². The van der Waals surface area contributed by atoms with E-state index in [-0.39, 0.29) is 23.4 Å². The lowest BCUT2D eigenvalue weighted by Crippen LogP contribution is -2.31. The Bertz CT molecular complexity index is 1020. The Kier molecular flexibility index (Phi) is 7.79. The van der Waals surface area contributed by atoms with Crippen molar-refractivity contribution in [3.63, 3.8) is 0 Å². The summed E-state index contributed by atoms with van der Waals surface area (Å²) in [4.78, 5) is 12.4. The van der Waals surface area contributed by atoms with Gasteiger partial charge in [0.05, 0.1) is 17.0 Å². The molecule has 6 nitrogen and oxygen atoms in total. The van der Waals surface area contributed by atoms with Gasteiger partial charge in [0, 0.05) is 11.7 Å². The average Bonchev–Trinajstić information content (AvgIpc) is 2.66. The number of amidine groups is 1. The molecule has 2 aromatic rings. The Morgan fingerprint density at radius 3 is 2.38 bits per heavy atom. The fraction of sp³-hybridized carbons (Fsp3) is 0.348. The summed E-state index contributed by atoms with van der Waals surface area (Å²) in [5, 5.41) is 16.2. The summed E-state index contributed by atoms with van der Waals surface area (Å²) in [5.74, 6) is 0.655. The van der Waals surface area contributed by atoms with Crippen molar-refractivity contribution in [3.05, 3.63) is 66.0 Å². The number of hydrogen-bond donors (Lipinski definition) is 3. The highest BCUT2D eigenvalue weighted by atomic mass is 19.4. The highest BCUT2D eigenvalue weighted by molar-refractivity contribution is 6.05. The van der Waals surface area contributed by atoms with Gasteiger partial charge in [-0.1, -0.05) is 24.8 Å². The molecule has 0 atom stereocenters. The molecule has 0 aliphatic heterocycles. The monoisotopic (exact) mass is 447 g/mol. The predicted octanol–water partition coefficient (Wildman–Crippen LogP) is 5.18. The van der Waals surface area contributed by atoms with Gasteiger partial charge in [-0.2, -0.15) is 13.2 Å². The average molecular weight is 448 g/mol. The molecule has 9 heteroatoms. The molecule has 32 heavy (non-hydrogen) atoms. The fourth-order valence-corrected chi connectivity index (χ4v) is 2.73. The third kappa shape index (κ3) is 7.49. The van der Waals surface area contributed by atoms with Crippen molar-refractivity contribution < 1.29 is 18.3 Å². The summed E-state index contributed by atoms with van der Waals surface area (Å²) in [6, 6.07) is 10.7. The van der Waals surface area contributed by atoms with Gasteiger partial charge in [-0.05, 0) is 64.4 Å². The molecule has 0 aliphatic carbocycles.